The van der Waals surface area contributed by atoms with E-state index in [9.17, 15) is 4.79 Å². The van der Waals surface area contributed by atoms with Crippen LogP contribution in [0.3, 0.4) is 0 Å². The van der Waals surface area contributed by atoms with Crippen molar-refractivity contribution in [1.29, 1.82) is 0 Å². The maximum Gasteiger partial charge on any atom is 0.247 e. The summed E-state index contributed by atoms with van der Waals surface area (Å²) in [5.41, 5.74) is 9.11. The Morgan fingerprint density at radius 1 is 1.15 bits per heavy atom. The number of aromatic nitrogens is 3. The van der Waals surface area contributed by atoms with Crippen molar-refractivity contribution in [1.82, 2.24) is 14.8 Å². The Morgan fingerprint density at radius 2 is 1.85 bits per heavy atom. The van der Waals surface area contributed by atoms with Crippen molar-refractivity contribution in [2.75, 3.05) is 11.1 Å². The van der Waals surface area contributed by atoms with E-state index >= 15 is 0 Å². The summed E-state index contributed by atoms with van der Waals surface area (Å²) in [5, 5.41) is 11.8. The van der Waals surface area contributed by atoms with Crippen LogP contribution in [0.2, 0.25) is 0 Å². The molecular weight excluding hydrogens is 358 g/mol. The number of hydrogen-bond donors (Lipinski definition) is 2. The fourth-order valence-corrected chi connectivity index (χ4v) is 3.70. The Morgan fingerprint density at radius 3 is 2.52 bits per heavy atom. The Balaban J connectivity index is 1.77. The predicted molar refractivity (Wildman–Crippen MR) is 110 cm³/mol. The van der Waals surface area contributed by atoms with E-state index in [4.69, 9.17) is 5.73 Å². The maximum absolute atomic E-state index is 12.9. The fraction of sp³-hybridized carbons (Fsp3) is 0.250. The lowest BCUT2D eigenvalue weighted by atomic mass is 10.2. The van der Waals surface area contributed by atoms with E-state index < -0.39 is 6.04 Å². The summed E-state index contributed by atoms with van der Waals surface area (Å²) < 4.78 is 1.72. The highest BCUT2D eigenvalue weighted by molar-refractivity contribution is 7.98. The highest BCUT2D eigenvalue weighted by Crippen LogP contribution is 2.28. The highest BCUT2D eigenvalue weighted by atomic mass is 32.2. The van der Waals surface area contributed by atoms with Crippen LogP contribution in [0, 0.1) is 6.92 Å². The molecule has 1 unspecified atom stereocenters. The first kappa shape index (κ1) is 19.0. The van der Waals surface area contributed by atoms with Crippen LogP contribution in [0.5, 0.6) is 0 Å². The first-order chi connectivity index (χ1) is 13.1. The number of nitrogens with zero attached hydrogens (tertiary/aromatic N) is 3. The van der Waals surface area contributed by atoms with Crippen LogP contribution in [0.15, 0.2) is 59.8 Å². The molecule has 0 bridgehead atoms. The van der Waals surface area contributed by atoms with Gasteiger partial charge in [0.05, 0.1) is 0 Å². The molecule has 1 heterocycles. The number of nitrogen functional groups attached to an aromatic ring is 1. The topological polar surface area (TPSA) is 85.8 Å². The smallest absolute Gasteiger partial charge is 0.247 e. The van der Waals surface area contributed by atoms with Crippen LogP contribution in [-0.4, -0.2) is 20.7 Å². The Kier molecular flexibility index (Phi) is 6.13. The van der Waals surface area contributed by atoms with Gasteiger partial charge < -0.3 is 11.1 Å². The van der Waals surface area contributed by atoms with Gasteiger partial charge >= 0.3 is 0 Å². The van der Waals surface area contributed by atoms with Crippen LogP contribution in [0.25, 0.3) is 0 Å². The normalized spacial score (nSPS) is 11.9. The zero-order valence-electron chi connectivity index (χ0n) is 15.4. The number of anilines is 2. The molecular formula is C20H23N5OS. The molecule has 7 heteroatoms. The first-order valence-electron chi connectivity index (χ1n) is 8.83. The summed E-state index contributed by atoms with van der Waals surface area (Å²) in [5.74, 6) is 0.848. The molecule has 3 rings (SSSR count). The fourth-order valence-electron chi connectivity index (χ4n) is 2.75. The van der Waals surface area contributed by atoms with Crippen molar-refractivity contribution >= 4 is 29.3 Å². The molecule has 0 spiro atoms. The van der Waals surface area contributed by atoms with Crippen molar-refractivity contribution in [3.8, 4) is 0 Å². The molecule has 3 N–H and O–H groups in total. The van der Waals surface area contributed by atoms with Gasteiger partial charge in [0.2, 0.25) is 11.9 Å². The lowest BCUT2D eigenvalue weighted by Crippen LogP contribution is -2.27. The third kappa shape index (κ3) is 4.68. The number of carbonyl (C=O) groups excluding carboxylic acids is 1. The van der Waals surface area contributed by atoms with Gasteiger partial charge in [0.25, 0.3) is 0 Å². The number of benzene rings is 2. The largest absolute Gasteiger partial charge is 0.368 e. The molecule has 27 heavy (non-hydrogen) atoms. The van der Waals surface area contributed by atoms with E-state index in [2.05, 4.69) is 27.6 Å². The average molecular weight is 382 g/mol. The number of amides is 1. The molecule has 0 aliphatic carbocycles. The number of hydrogen-bond acceptors (Lipinski definition) is 5. The van der Waals surface area contributed by atoms with Gasteiger partial charge in [0.1, 0.15) is 6.04 Å². The van der Waals surface area contributed by atoms with Crippen molar-refractivity contribution in [2.45, 2.75) is 37.2 Å². The van der Waals surface area contributed by atoms with Crippen molar-refractivity contribution in [3.63, 3.8) is 0 Å². The summed E-state index contributed by atoms with van der Waals surface area (Å²) in [7, 11) is 0. The summed E-state index contributed by atoms with van der Waals surface area (Å²) in [6.45, 7) is 3.96. The standard InChI is InChI=1S/C20H23N5OS/c1-3-17(18(26)22-16-11-9-14(2)10-12-16)25-19(21)23-24-20(25)27-13-15-7-5-4-6-8-15/h4-12,17H,3,13H2,1-2H3,(H2,21,23)(H,22,26). The SMILES string of the molecule is CCC(C(=O)Nc1ccc(C)cc1)n1c(N)nnc1SCc1ccccc1. The lowest BCUT2D eigenvalue weighted by Gasteiger charge is -2.19. The van der Waals surface area contributed by atoms with Crippen molar-refractivity contribution in [3.05, 3.63) is 65.7 Å². The first-order valence-corrected chi connectivity index (χ1v) is 9.81. The Labute approximate surface area is 163 Å². The van der Waals surface area contributed by atoms with Gasteiger partial charge in [-0.2, -0.15) is 0 Å². The van der Waals surface area contributed by atoms with Crippen LogP contribution >= 0.6 is 11.8 Å². The monoisotopic (exact) mass is 381 g/mol. The van der Waals surface area contributed by atoms with Crippen LogP contribution < -0.4 is 11.1 Å². The highest BCUT2D eigenvalue weighted by Gasteiger charge is 2.25. The van der Waals surface area contributed by atoms with Crippen molar-refractivity contribution in [2.24, 2.45) is 0 Å². The van der Waals surface area contributed by atoms with Gasteiger partial charge in [0, 0.05) is 11.4 Å². The summed E-state index contributed by atoms with van der Waals surface area (Å²) in [6, 6.07) is 17.3. The zero-order chi connectivity index (χ0) is 19.2. The molecule has 3 aromatic rings. The number of nitrogens with two attached hydrogens (primary N) is 1. The molecule has 0 saturated carbocycles. The van der Waals surface area contributed by atoms with E-state index in [-0.39, 0.29) is 11.9 Å². The average Bonchev–Trinajstić information content (AvgIpc) is 3.04. The van der Waals surface area contributed by atoms with Gasteiger partial charge in [-0.1, -0.05) is 66.7 Å². The van der Waals surface area contributed by atoms with Crippen LogP contribution in [0.4, 0.5) is 11.6 Å². The van der Waals surface area contributed by atoms with Gasteiger partial charge in [-0.3, -0.25) is 9.36 Å². The lowest BCUT2D eigenvalue weighted by molar-refractivity contribution is -0.119. The van der Waals surface area contributed by atoms with Gasteiger partial charge in [-0.15, -0.1) is 10.2 Å². The number of thioether (sulfide) groups is 1. The summed E-state index contributed by atoms with van der Waals surface area (Å²) in [6.07, 6.45) is 0.582. The van der Waals surface area contributed by atoms with Gasteiger partial charge in [-0.25, -0.2) is 0 Å². The number of nitrogens with one attached hydrogen (secondary N) is 1. The van der Waals surface area contributed by atoms with E-state index in [1.165, 1.54) is 17.3 Å². The summed E-state index contributed by atoms with van der Waals surface area (Å²) >= 11 is 1.52. The summed E-state index contributed by atoms with van der Waals surface area (Å²) in [4.78, 5) is 12.9. The Hall–Kier alpha value is -2.80. The van der Waals surface area contributed by atoms with Crippen molar-refractivity contribution < 1.29 is 4.79 Å². The number of rotatable bonds is 7. The third-order valence-electron chi connectivity index (χ3n) is 4.22. The molecule has 1 atom stereocenters. The third-order valence-corrected chi connectivity index (χ3v) is 5.24. The van der Waals surface area contributed by atoms with E-state index in [0.717, 1.165) is 17.0 Å². The molecule has 2 aromatic carbocycles. The minimum atomic E-state index is -0.473. The second-order valence-electron chi connectivity index (χ2n) is 6.26. The molecule has 0 aliphatic heterocycles. The molecule has 0 aliphatic rings. The predicted octanol–water partition coefficient (Wildman–Crippen LogP) is 4.05. The molecule has 1 aromatic heterocycles. The molecule has 140 valence electrons. The zero-order valence-corrected chi connectivity index (χ0v) is 16.2. The van der Waals surface area contributed by atoms with E-state index in [0.29, 0.717) is 11.6 Å². The van der Waals surface area contributed by atoms with Gasteiger partial charge in [-0.05, 0) is 31.0 Å². The van der Waals surface area contributed by atoms with E-state index in [1.54, 1.807) is 4.57 Å². The molecule has 0 radical (unpaired) electrons. The van der Waals surface area contributed by atoms with E-state index in [1.807, 2.05) is 56.3 Å². The minimum absolute atomic E-state index is 0.130. The molecule has 0 fully saturated rings. The second kappa shape index (κ2) is 8.73. The van der Waals surface area contributed by atoms with Crippen LogP contribution in [0.1, 0.15) is 30.5 Å². The molecule has 6 nitrogen and oxygen atoms in total. The second-order valence-corrected chi connectivity index (χ2v) is 7.21. The maximum atomic E-state index is 12.9. The van der Waals surface area contributed by atoms with Crippen LogP contribution in [-0.2, 0) is 10.5 Å². The molecule has 1 amide bonds. The Bertz CT molecular complexity index is 892. The quantitative estimate of drug-likeness (QED) is 0.603. The number of carbonyl (C=O) groups is 1. The number of aryl methyl sites for hydroxylation is 1. The minimum Gasteiger partial charge on any atom is -0.368 e. The van der Waals surface area contributed by atoms with Gasteiger partial charge in [0.15, 0.2) is 5.16 Å². The molecule has 0 saturated heterocycles.